The van der Waals surface area contributed by atoms with E-state index in [4.69, 9.17) is 11.6 Å². The predicted octanol–water partition coefficient (Wildman–Crippen LogP) is 4.60. The zero-order valence-corrected chi connectivity index (χ0v) is 13.6. The molecule has 2 aromatic carbocycles. The normalized spacial score (nSPS) is 10.2. The summed E-state index contributed by atoms with van der Waals surface area (Å²) >= 11 is 6.13. The number of halogens is 1. The molecule has 1 amide bonds. The molecule has 0 bridgehead atoms. The van der Waals surface area contributed by atoms with Crippen LogP contribution < -0.4 is 10.6 Å². The van der Waals surface area contributed by atoms with E-state index < -0.39 is 0 Å². The molecular formula is C19H16ClN3O. The van der Waals surface area contributed by atoms with Gasteiger partial charge in [0.1, 0.15) is 5.69 Å². The Balaban J connectivity index is 1.61. The molecule has 1 aromatic heterocycles. The topological polar surface area (TPSA) is 54.0 Å². The number of carbonyl (C=O) groups excluding carboxylic acids is 1. The lowest BCUT2D eigenvalue weighted by Gasteiger charge is -2.09. The van der Waals surface area contributed by atoms with Gasteiger partial charge >= 0.3 is 0 Å². The number of aromatic nitrogens is 1. The minimum absolute atomic E-state index is 0.237. The number of para-hydroxylation sites is 1. The molecule has 3 aromatic rings. The second-order valence-corrected chi connectivity index (χ2v) is 5.60. The Labute approximate surface area is 145 Å². The fraction of sp³-hybridized carbons (Fsp3) is 0.0526. The summed E-state index contributed by atoms with van der Waals surface area (Å²) in [6, 6.07) is 20.5. The Bertz CT molecular complexity index is 820. The lowest BCUT2D eigenvalue weighted by Crippen LogP contribution is -2.13. The van der Waals surface area contributed by atoms with Crippen LogP contribution in [0.1, 0.15) is 16.1 Å². The number of benzene rings is 2. The van der Waals surface area contributed by atoms with Gasteiger partial charge in [-0.05, 0) is 35.9 Å². The zero-order chi connectivity index (χ0) is 16.8. The van der Waals surface area contributed by atoms with Crippen LogP contribution in [-0.4, -0.2) is 10.9 Å². The van der Waals surface area contributed by atoms with E-state index in [9.17, 15) is 4.79 Å². The highest BCUT2D eigenvalue weighted by atomic mass is 35.5. The summed E-state index contributed by atoms with van der Waals surface area (Å²) in [5, 5.41) is 6.76. The first-order chi connectivity index (χ1) is 11.7. The molecule has 0 saturated carbocycles. The third-order valence-electron chi connectivity index (χ3n) is 3.47. The maximum atomic E-state index is 12.1. The Morgan fingerprint density at radius 1 is 0.917 bits per heavy atom. The van der Waals surface area contributed by atoms with Crippen molar-refractivity contribution < 1.29 is 4.79 Å². The molecule has 5 heteroatoms. The quantitative estimate of drug-likeness (QED) is 0.715. The molecule has 0 unspecified atom stereocenters. The van der Waals surface area contributed by atoms with Crippen LogP contribution in [0.3, 0.4) is 0 Å². The van der Waals surface area contributed by atoms with Gasteiger partial charge < -0.3 is 10.6 Å². The van der Waals surface area contributed by atoms with Crippen molar-refractivity contribution in [2.75, 3.05) is 10.6 Å². The van der Waals surface area contributed by atoms with Crippen molar-refractivity contribution in [3.05, 3.63) is 89.2 Å². The van der Waals surface area contributed by atoms with Crippen molar-refractivity contribution in [2.24, 2.45) is 0 Å². The third kappa shape index (κ3) is 4.12. The van der Waals surface area contributed by atoms with E-state index in [1.807, 2.05) is 60.7 Å². The zero-order valence-electron chi connectivity index (χ0n) is 12.9. The summed E-state index contributed by atoms with van der Waals surface area (Å²) in [5.74, 6) is -0.237. The van der Waals surface area contributed by atoms with E-state index >= 15 is 0 Å². The van der Waals surface area contributed by atoms with Crippen LogP contribution in [0.15, 0.2) is 72.9 Å². The molecular weight excluding hydrogens is 322 g/mol. The van der Waals surface area contributed by atoms with Gasteiger partial charge in [-0.25, -0.2) is 4.98 Å². The Morgan fingerprint density at radius 2 is 1.67 bits per heavy atom. The number of amides is 1. The molecule has 0 atom stereocenters. The van der Waals surface area contributed by atoms with Crippen molar-refractivity contribution in [1.82, 2.24) is 4.98 Å². The number of carbonyl (C=O) groups is 1. The van der Waals surface area contributed by atoms with Gasteiger partial charge in [0.05, 0.1) is 11.9 Å². The summed E-state index contributed by atoms with van der Waals surface area (Å²) in [7, 11) is 0. The molecule has 0 aliphatic heterocycles. The van der Waals surface area contributed by atoms with E-state index in [2.05, 4.69) is 15.6 Å². The fourth-order valence-corrected chi connectivity index (χ4v) is 2.39. The van der Waals surface area contributed by atoms with Crippen LogP contribution in [-0.2, 0) is 6.54 Å². The van der Waals surface area contributed by atoms with Gasteiger partial charge in [-0.2, -0.15) is 0 Å². The summed E-state index contributed by atoms with van der Waals surface area (Å²) in [6.07, 6.45) is 1.64. The number of nitrogens with one attached hydrogen (secondary N) is 2. The largest absolute Gasteiger partial charge is 0.380 e. The van der Waals surface area contributed by atoms with Crippen LogP contribution in [0.25, 0.3) is 0 Å². The first-order valence-electron chi connectivity index (χ1n) is 7.52. The summed E-state index contributed by atoms with van der Waals surface area (Å²) in [6.45, 7) is 0.594. The van der Waals surface area contributed by atoms with Gasteiger partial charge in [-0.1, -0.05) is 48.0 Å². The van der Waals surface area contributed by atoms with Gasteiger partial charge in [0.15, 0.2) is 0 Å². The SMILES string of the molecule is O=C(Nc1ccccc1)c1ccc(NCc2ccccc2Cl)cn1. The fourth-order valence-electron chi connectivity index (χ4n) is 2.19. The van der Waals surface area contributed by atoms with E-state index in [1.165, 1.54) is 0 Å². The van der Waals surface area contributed by atoms with Crippen LogP contribution in [0.4, 0.5) is 11.4 Å². The second kappa shape index (κ2) is 7.62. The lowest BCUT2D eigenvalue weighted by atomic mass is 10.2. The molecule has 4 nitrogen and oxygen atoms in total. The van der Waals surface area contributed by atoms with E-state index in [0.717, 1.165) is 22.0 Å². The van der Waals surface area contributed by atoms with Gasteiger partial charge in [0.2, 0.25) is 0 Å². The average Bonchev–Trinajstić information content (AvgIpc) is 2.62. The van der Waals surface area contributed by atoms with Crippen LogP contribution in [0, 0.1) is 0 Å². The molecule has 0 spiro atoms. The maximum Gasteiger partial charge on any atom is 0.274 e. The second-order valence-electron chi connectivity index (χ2n) is 5.20. The van der Waals surface area contributed by atoms with Gasteiger partial charge in [-0.15, -0.1) is 0 Å². The van der Waals surface area contributed by atoms with E-state index in [0.29, 0.717) is 12.2 Å². The Morgan fingerprint density at radius 3 is 2.38 bits per heavy atom. The van der Waals surface area contributed by atoms with E-state index in [-0.39, 0.29) is 5.91 Å². The summed E-state index contributed by atoms with van der Waals surface area (Å²) in [4.78, 5) is 16.3. The molecule has 0 aliphatic rings. The highest BCUT2D eigenvalue weighted by Gasteiger charge is 2.07. The Kier molecular flexibility index (Phi) is 5.08. The number of hydrogen-bond acceptors (Lipinski definition) is 3. The van der Waals surface area contributed by atoms with E-state index in [1.54, 1.807) is 12.3 Å². The highest BCUT2D eigenvalue weighted by molar-refractivity contribution is 6.31. The predicted molar refractivity (Wildman–Crippen MR) is 97.4 cm³/mol. The minimum atomic E-state index is -0.237. The molecule has 0 fully saturated rings. The number of hydrogen-bond donors (Lipinski definition) is 2. The average molecular weight is 338 g/mol. The van der Waals surface area contributed by atoms with Crippen molar-refractivity contribution in [3.8, 4) is 0 Å². The highest BCUT2D eigenvalue weighted by Crippen LogP contribution is 2.17. The number of rotatable bonds is 5. The van der Waals surface area contributed by atoms with Gasteiger partial charge in [0, 0.05) is 17.3 Å². The van der Waals surface area contributed by atoms with Gasteiger partial charge in [0.25, 0.3) is 5.91 Å². The van der Waals surface area contributed by atoms with Crippen LogP contribution >= 0.6 is 11.6 Å². The molecule has 1 heterocycles. The van der Waals surface area contributed by atoms with Crippen molar-refractivity contribution >= 4 is 28.9 Å². The van der Waals surface area contributed by atoms with Crippen molar-refractivity contribution in [1.29, 1.82) is 0 Å². The summed E-state index contributed by atoms with van der Waals surface area (Å²) in [5.41, 5.74) is 2.93. The summed E-state index contributed by atoms with van der Waals surface area (Å²) < 4.78 is 0. The van der Waals surface area contributed by atoms with Crippen molar-refractivity contribution in [2.45, 2.75) is 6.54 Å². The van der Waals surface area contributed by atoms with Crippen LogP contribution in [0.5, 0.6) is 0 Å². The molecule has 2 N–H and O–H groups in total. The van der Waals surface area contributed by atoms with Crippen molar-refractivity contribution in [3.63, 3.8) is 0 Å². The Hall–Kier alpha value is -2.85. The molecule has 3 rings (SSSR count). The number of nitrogens with zero attached hydrogens (tertiary/aromatic N) is 1. The maximum absolute atomic E-state index is 12.1. The first-order valence-corrected chi connectivity index (χ1v) is 7.90. The number of pyridine rings is 1. The number of anilines is 2. The standard InChI is InChI=1S/C19H16ClN3O/c20-17-9-5-4-6-14(17)12-21-16-10-11-18(22-13-16)19(24)23-15-7-2-1-3-8-15/h1-11,13,21H,12H2,(H,23,24). The minimum Gasteiger partial charge on any atom is -0.380 e. The molecule has 0 radical (unpaired) electrons. The smallest absolute Gasteiger partial charge is 0.274 e. The molecule has 120 valence electrons. The lowest BCUT2D eigenvalue weighted by molar-refractivity contribution is 0.102. The molecule has 24 heavy (non-hydrogen) atoms. The monoisotopic (exact) mass is 337 g/mol. The third-order valence-corrected chi connectivity index (χ3v) is 3.84. The first kappa shape index (κ1) is 16.0. The van der Waals surface area contributed by atoms with Crippen LogP contribution in [0.2, 0.25) is 5.02 Å². The van der Waals surface area contributed by atoms with Gasteiger partial charge in [-0.3, -0.25) is 4.79 Å². The molecule has 0 saturated heterocycles. The molecule has 0 aliphatic carbocycles.